The molecule has 0 atom stereocenters. The lowest BCUT2D eigenvalue weighted by molar-refractivity contribution is -0.120. The Hall–Kier alpha value is -0.900. The van der Waals surface area contributed by atoms with Gasteiger partial charge in [-0.2, -0.15) is 0 Å². The molecule has 0 radical (unpaired) electrons. The van der Waals surface area contributed by atoms with E-state index in [0.717, 1.165) is 3.57 Å². The van der Waals surface area contributed by atoms with Crippen LogP contribution < -0.4 is 0 Å². The second kappa shape index (κ2) is 7.07. The van der Waals surface area contributed by atoms with Crippen LogP contribution in [-0.4, -0.2) is 16.7 Å². The molecule has 3 aliphatic rings. The summed E-state index contributed by atoms with van der Waals surface area (Å²) in [6.07, 6.45) is 2.13. The number of ketones is 2. The highest BCUT2D eigenvalue weighted by atomic mass is 127. The summed E-state index contributed by atoms with van der Waals surface area (Å²) in [7, 11) is 0. The average Bonchev–Trinajstić information content (AvgIpc) is 2.53. The number of Topliss-reactive ketones (excluding diaryl/α,β-unsaturated/α-hetero) is 2. The molecule has 6 heteroatoms. The van der Waals surface area contributed by atoms with E-state index in [1.54, 1.807) is 0 Å². The fraction of sp³-hybridized carbons (Fsp3) is 0.478. The lowest BCUT2D eigenvalue weighted by Gasteiger charge is -2.42. The molecule has 0 spiro atoms. The van der Waals surface area contributed by atoms with E-state index in [9.17, 15) is 14.7 Å². The molecule has 0 fully saturated rings. The maximum atomic E-state index is 13.3. The van der Waals surface area contributed by atoms with Crippen molar-refractivity contribution >= 4 is 56.7 Å². The van der Waals surface area contributed by atoms with E-state index in [1.165, 1.54) is 0 Å². The standard InChI is InChI=1S/C23H24I2O4/c1-22(2)7-14(26)19-16(9-22)29-17-10-23(3,4)8-15(27)20(17)18(19)12-5-11(24)6-13(25)21(12)28/h5-6,18,28H,7-10H2,1-4H3. The van der Waals surface area contributed by atoms with E-state index in [1.807, 2.05) is 12.1 Å². The average molecular weight is 618 g/mol. The number of hydrogen-bond donors (Lipinski definition) is 1. The summed E-state index contributed by atoms with van der Waals surface area (Å²) >= 11 is 4.31. The maximum absolute atomic E-state index is 13.3. The SMILES string of the molecule is CC1(C)CC(=O)C2=C(C1)OC1=C(C(=O)CC(C)(C)C1)C2c1cc(I)cc(I)c1O. The highest BCUT2D eigenvalue weighted by Crippen LogP contribution is 2.54. The molecule has 0 unspecified atom stereocenters. The van der Waals surface area contributed by atoms with Gasteiger partial charge in [-0.05, 0) is 68.1 Å². The molecule has 1 aromatic rings. The Balaban J connectivity index is 1.98. The van der Waals surface area contributed by atoms with Gasteiger partial charge < -0.3 is 9.84 Å². The summed E-state index contributed by atoms with van der Waals surface area (Å²) < 4.78 is 7.97. The number of allylic oxidation sites excluding steroid dienone is 4. The van der Waals surface area contributed by atoms with Gasteiger partial charge in [0, 0.05) is 46.0 Å². The Labute approximate surface area is 198 Å². The first-order valence-electron chi connectivity index (χ1n) is 9.77. The topological polar surface area (TPSA) is 63.6 Å². The fourth-order valence-corrected chi connectivity index (χ4v) is 6.68. The third-order valence-corrected chi connectivity index (χ3v) is 7.40. The van der Waals surface area contributed by atoms with Crippen LogP contribution in [0.15, 0.2) is 34.8 Å². The maximum Gasteiger partial charge on any atom is 0.163 e. The molecular weight excluding hydrogens is 594 g/mol. The molecule has 0 bridgehead atoms. The largest absolute Gasteiger partial charge is 0.507 e. The van der Waals surface area contributed by atoms with Gasteiger partial charge in [-0.15, -0.1) is 0 Å². The van der Waals surface area contributed by atoms with E-state index >= 15 is 0 Å². The van der Waals surface area contributed by atoms with E-state index in [4.69, 9.17) is 4.74 Å². The second-order valence-electron chi connectivity index (χ2n) is 9.92. The molecule has 2 aliphatic carbocycles. The van der Waals surface area contributed by atoms with Gasteiger partial charge in [0.15, 0.2) is 11.6 Å². The normalized spacial score (nSPS) is 23.7. The van der Waals surface area contributed by atoms with E-state index in [2.05, 4.69) is 72.9 Å². The minimum absolute atomic E-state index is 0.0127. The van der Waals surface area contributed by atoms with Crippen LogP contribution in [-0.2, 0) is 14.3 Å². The molecule has 1 aromatic carbocycles. The lowest BCUT2D eigenvalue weighted by atomic mass is 9.65. The number of hydrogen-bond acceptors (Lipinski definition) is 4. The van der Waals surface area contributed by atoms with Gasteiger partial charge >= 0.3 is 0 Å². The van der Waals surface area contributed by atoms with Crippen molar-refractivity contribution < 1.29 is 19.4 Å². The van der Waals surface area contributed by atoms with Crippen LogP contribution in [0, 0.1) is 18.0 Å². The van der Waals surface area contributed by atoms with Crippen molar-refractivity contribution in [1.82, 2.24) is 0 Å². The van der Waals surface area contributed by atoms with Crippen LogP contribution in [0.4, 0.5) is 0 Å². The summed E-state index contributed by atoms with van der Waals surface area (Å²) in [5.74, 6) is 0.969. The minimum Gasteiger partial charge on any atom is -0.507 e. The van der Waals surface area contributed by atoms with Crippen molar-refractivity contribution in [2.75, 3.05) is 0 Å². The lowest BCUT2D eigenvalue weighted by Crippen LogP contribution is -2.37. The number of carbonyl (C=O) groups is 2. The van der Waals surface area contributed by atoms with E-state index in [-0.39, 0.29) is 28.1 Å². The number of halogens is 2. The summed E-state index contributed by atoms with van der Waals surface area (Å²) in [5.41, 5.74) is 1.38. The van der Waals surface area contributed by atoms with Crippen LogP contribution in [0.2, 0.25) is 0 Å². The number of aromatic hydroxyl groups is 1. The van der Waals surface area contributed by atoms with Gasteiger partial charge in [-0.25, -0.2) is 0 Å². The van der Waals surface area contributed by atoms with E-state index < -0.39 is 5.92 Å². The zero-order valence-electron chi connectivity index (χ0n) is 17.0. The molecule has 1 heterocycles. The minimum atomic E-state index is -0.552. The van der Waals surface area contributed by atoms with Crippen molar-refractivity contribution in [2.24, 2.45) is 10.8 Å². The first-order chi connectivity index (χ1) is 13.4. The molecule has 0 amide bonds. The third kappa shape index (κ3) is 3.79. The third-order valence-electron chi connectivity index (χ3n) is 5.95. The smallest absolute Gasteiger partial charge is 0.163 e. The van der Waals surface area contributed by atoms with Crippen molar-refractivity contribution in [3.63, 3.8) is 0 Å². The van der Waals surface area contributed by atoms with Gasteiger partial charge in [0.2, 0.25) is 0 Å². The van der Waals surface area contributed by atoms with Gasteiger partial charge in [-0.3, -0.25) is 9.59 Å². The Morgan fingerprint density at radius 2 is 1.38 bits per heavy atom. The van der Waals surface area contributed by atoms with E-state index in [0.29, 0.717) is 57.5 Å². The predicted molar refractivity (Wildman–Crippen MR) is 127 cm³/mol. The molecule has 0 saturated heterocycles. The van der Waals surface area contributed by atoms with Gasteiger partial charge in [0.1, 0.15) is 17.3 Å². The summed E-state index contributed by atoms with van der Waals surface area (Å²) in [4.78, 5) is 26.5. The summed E-state index contributed by atoms with van der Waals surface area (Å²) in [5, 5.41) is 10.9. The van der Waals surface area contributed by atoms with Crippen LogP contribution in [0.5, 0.6) is 5.75 Å². The molecule has 4 rings (SSSR count). The molecule has 0 aromatic heterocycles. The summed E-state index contributed by atoms with van der Waals surface area (Å²) in [6.45, 7) is 8.27. The molecule has 1 N–H and O–H groups in total. The Bertz CT molecular complexity index is 962. The highest BCUT2D eigenvalue weighted by molar-refractivity contribution is 14.1. The summed E-state index contributed by atoms with van der Waals surface area (Å²) in [6, 6.07) is 3.78. The van der Waals surface area contributed by atoms with Crippen molar-refractivity contribution in [1.29, 1.82) is 0 Å². The molecule has 4 nitrogen and oxygen atoms in total. The van der Waals surface area contributed by atoms with Crippen LogP contribution in [0.25, 0.3) is 0 Å². The van der Waals surface area contributed by atoms with Gasteiger partial charge in [0.25, 0.3) is 0 Å². The molecule has 0 saturated carbocycles. The van der Waals surface area contributed by atoms with Gasteiger partial charge in [-0.1, -0.05) is 27.7 Å². The predicted octanol–water partition coefficient (Wildman–Crippen LogP) is 6.00. The molecule has 154 valence electrons. The number of carbonyl (C=O) groups excluding carboxylic acids is 2. The zero-order valence-corrected chi connectivity index (χ0v) is 21.3. The van der Waals surface area contributed by atoms with Crippen LogP contribution in [0.1, 0.15) is 64.9 Å². The van der Waals surface area contributed by atoms with Crippen LogP contribution >= 0.6 is 45.2 Å². The van der Waals surface area contributed by atoms with Crippen molar-refractivity contribution in [3.8, 4) is 5.75 Å². The first kappa shape index (κ1) is 21.3. The molecule has 29 heavy (non-hydrogen) atoms. The fourth-order valence-electron chi connectivity index (χ4n) is 4.79. The number of benzene rings is 1. The number of phenolic OH excluding ortho intramolecular Hbond substituents is 1. The number of rotatable bonds is 1. The van der Waals surface area contributed by atoms with Crippen molar-refractivity contribution in [2.45, 2.75) is 59.3 Å². The Morgan fingerprint density at radius 3 is 1.86 bits per heavy atom. The first-order valence-corrected chi connectivity index (χ1v) is 11.9. The monoisotopic (exact) mass is 618 g/mol. The quantitative estimate of drug-likeness (QED) is 0.393. The second-order valence-corrected chi connectivity index (χ2v) is 12.3. The Kier molecular flexibility index (Phi) is 5.20. The molecule has 1 aliphatic heterocycles. The van der Waals surface area contributed by atoms with Gasteiger partial charge in [0.05, 0.1) is 9.49 Å². The number of phenols is 1. The Morgan fingerprint density at radius 1 is 0.897 bits per heavy atom. The zero-order chi connectivity index (χ0) is 21.3. The number of ether oxygens (including phenoxy) is 1. The molecular formula is C23H24I2O4. The van der Waals surface area contributed by atoms with Crippen molar-refractivity contribution in [3.05, 3.63) is 47.5 Å². The van der Waals surface area contributed by atoms with Crippen LogP contribution in [0.3, 0.4) is 0 Å². The highest BCUT2D eigenvalue weighted by Gasteiger charge is 2.48.